The molecule has 0 spiro atoms. The highest BCUT2D eigenvalue weighted by atomic mass is 79.9. The Kier molecular flexibility index (Phi) is 4.33. The van der Waals surface area contributed by atoms with Gasteiger partial charge in [-0.05, 0) is 43.5 Å². The molecule has 2 rings (SSSR count). The van der Waals surface area contributed by atoms with Crippen LogP contribution in [0.3, 0.4) is 0 Å². The van der Waals surface area contributed by atoms with Crippen molar-refractivity contribution in [3.05, 3.63) is 28.2 Å². The van der Waals surface area contributed by atoms with Crippen molar-refractivity contribution in [1.29, 1.82) is 0 Å². The Labute approximate surface area is 119 Å². The first-order valence-electron chi connectivity index (χ1n) is 6.75. The Balaban J connectivity index is 2.24. The third-order valence-corrected chi connectivity index (χ3v) is 4.37. The molecular weight excluding hydrogens is 288 g/mol. The van der Waals surface area contributed by atoms with Gasteiger partial charge in [-0.1, -0.05) is 29.8 Å². The molecule has 1 aliphatic rings. The van der Waals surface area contributed by atoms with Gasteiger partial charge in [0.05, 0.1) is 0 Å². The quantitative estimate of drug-likeness (QED) is 0.898. The van der Waals surface area contributed by atoms with Gasteiger partial charge in [-0.25, -0.2) is 0 Å². The Morgan fingerprint density at radius 1 is 1.39 bits per heavy atom. The van der Waals surface area contributed by atoms with E-state index in [-0.39, 0.29) is 0 Å². The zero-order valence-electron chi connectivity index (χ0n) is 11.7. The van der Waals surface area contributed by atoms with Crippen LogP contribution < -0.4 is 10.2 Å². The average Bonchev–Trinajstić information content (AvgIpc) is 2.30. The lowest BCUT2D eigenvalue weighted by molar-refractivity contribution is 0.336. The second kappa shape index (κ2) is 5.62. The summed E-state index contributed by atoms with van der Waals surface area (Å²) >= 11 is 3.54. The van der Waals surface area contributed by atoms with Crippen LogP contribution in [0.5, 0.6) is 0 Å². The van der Waals surface area contributed by atoms with E-state index in [4.69, 9.17) is 0 Å². The van der Waals surface area contributed by atoms with Crippen LogP contribution >= 0.6 is 15.9 Å². The van der Waals surface area contributed by atoms with E-state index >= 15 is 0 Å². The van der Waals surface area contributed by atoms with Crippen molar-refractivity contribution in [3.63, 3.8) is 0 Å². The van der Waals surface area contributed by atoms with Gasteiger partial charge in [0.25, 0.3) is 0 Å². The highest BCUT2D eigenvalue weighted by Crippen LogP contribution is 2.27. The number of benzene rings is 1. The third-order valence-electron chi connectivity index (χ3n) is 3.87. The van der Waals surface area contributed by atoms with Crippen LogP contribution in [0, 0.1) is 12.8 Å². The smallest absolute Gasteiger partial charge is 0.0400 e. The molecule has 0 aromatic heterocycles. The van der Waals surface area contributed by atoms with Crippen LogP contribution in [0.15, 0.2) is 22.7 Å². The molecule has 0 saturated carbocycles. The van der Waals surface area contributed by atoms with Crippen LogP contribution in [-0.4, -0.2) is 25.2 Å². The van der Waals surface area contributed by atoms with Crippen molar-refractivity contribution in [2.24, 2.45) is 5.92 Å². The van der Waals surface area contributed by atoms with E-state index in [2.05, 4.69) is 72.0 Å². The van der Waals surface area contributed by atoms with Crippen LogP contribution in [0.1, 0.15) is 26.3 Å². The van der Waals surface area contributed by atoms with E-state index in [1.54, 1.807) is 0 Å². The molecule has 0 amide bonds. The Bertz CT molecular complexity index is 417. The van der Waals surface area contributed by atoms with Crippen molar-refractivity contribution in [2.75, 3.05) is 18.0 Å². The van der Waals surface area contributed by atoms with E-state index in [9.17, 15) is 0 Å². The molecule has 0 radical (unpaired) electrons. The molecule has 1 saturated heterocycles. The zero-order valence-corrected chi connectivity index (χ0v) is 13.3. The Morgan fingerprint density at radius 3 is 2.72 bits per heavy atom. The lowest BCUT2D eigenvalue weighted by atomic mass is 9.98. The molecule has 2 unspecified atom stereocenters. The molecular formula is C15H23BrN2. The standard InChI is InChI=1S/C15H23BrN2/c1-10(2)14-9-18(12(4)8-17-14)15-6-5-13(16)7-11(15)3/h5-7,10,12,14,17H,8-9H2,1-4H3. The summed E-state index contributed by atoms with van der Waals surface area (Å²) in [7, 11) is 0. The first-order chi connectivity index (χ1) is 8.49. The number of halogens is 1. The SMILES string of the molecule is Cc1cc(Br)ccc1N1CC(C(C)C)NCC1C. The van der Waals surface area contributed by atoms with Gasteiger partial charge in [0.2, 0.25) is 0 Å². The minimum absolute atomic E-state index is 0.555. The fourth-order valence-electron chi connectivity index (χ4n) is 2.61. The molecule has 1 heterocycles. The van der Waals surface area contributed by atoms with Crippen LogP contribution in [0.4, 0.5) is 5.69 Å². The second-order valence-corrected chi connectivity index (χ2v) is 6.61. The number of aryl methyl sites for hydroxylation is 1. The fraction of sp³-hybridized carbons (Fsp3) is 0.600. The molecule has 100 valence electrons. The molecule has 2 atom stereocenters. The first kappa shape index (κ1) is 13.9. The van der Waals surface area contributed by atoms with Gasteiger partial charge < -0.3 is 10.2 Å². The van der Waals surface area contributed by atoms with Crippen molar-refractivity contribution in [1.82, 2.24) is 5.32 Å². The summed E-state index contributed by atoms with van der Waals surface area (Å²) in [6, 6.07) is 7.72. The summed E-state index contributed by atoms with van der Waals surface area (Å²) in [5, 5.41) is 3.65. The molecule has 0 bridgehead atoms. The average molecular weight is 311 g/mol. The van der Waals surface area contributed by atoms with E-state index in [0.717, 1.165) is 17.6 Å². The molecule has 1 N–H and O–H groups in total. The lowest BCUT2D eigenvalue weighted by Crippen LogP contribution is -2.57. The summed E-state index contributed by atoms with van der Waals surface area (Å²) < 4.78 is 1.16. The summed E-state index contributed by atoms with van der Waals surface area (Å²) in [4.78, 5) is 2.54. The fourth-order valence-corrected chi connectivity index (χ4v) is 3.09. The number of rotatable bonds is 2. The highest BCUT2D eigenvalue weighted by molar-refractivity contribution is 9.10. The normalized spacial score (nSPS) is 24.7. The van der Waals surface area contributed by atoms with Gasteiger partial charge in [-0.3, -0.25) is 0 Å². The number of anilines is 1. The van der Waals surface area contributed by atoms with Gasteiger partial charge >= 0.3 is 0 Å². The molecule has 18 heavy (non-hydrogen) atoms. The molecule has 0 aliphatic carbocycles. The summed E-state index contributed by atoms with van der Waals surface area (Å²) in [5.74, 6) is 0.677. The number of nitrogens with zero attached hydrogens (tertiary/aromatic N) is 1. The maximum absolute atomic E-state index is 3.65. The summed E-state index contributed by atoms with van der Waals surface area (Å²) in [6.07, 6.45) is 0. The van der Waals surface area contributed by atoms with Gasteiger partial charge in [-0.15, -0.1) is 0 Å². The van der Waals surface area contributed by atoms with Gasteiger partial charge in [0.15, 0.2) is 0 Å². The summed E-state index contributed by atoms with van der Waals surface area (Å²) in [6.45, 7) is 11.2. The third kappa shape index (κ3) is 2.89. The van der Waals surface area contributed by atoms with Crippen LogP contribution in [0.25, 0.3) is 0 Å². The maximum Gasteiger partial charge on any atom is 0.0400 e. The van der Waals surface area contributed by atoms with Crippen LogP contribution in [-0.2, 0) is 0 Å². The molecule has 3 heteroatoms. The molecule has 1 aliphatic heterocycles. The first-order valence-corrected chi connectivity index (χ1v) is 7.54. The predicted molar refractivity (Wildman–Crippen MR) is 82.3 cm³/mol. The monoisotopic (exact) mass is 310 g/mol. The molecule has 1 aromatic rings. The predicted octanol–water partition coefficient (Wildman–Crippen LogP) is 3.58. The van der Waals surface area contributed by atoms with E-state index in [0.29, 0.717) is 18.0 Å². The highest BCUT2D eigenvalue weighted by Gasteiger charge is 2.27. The van der Waals surface area contributed by atoms with E-state index in [1.165, 1.54) is 11.3 Å². The number of hydrogen-bond acceptors (Lipinski definition) is 2. The molecule has 1 aromatic carbocycles. The molecule has 2 nitrogen and oxygen atoms in total. The lowest BCUT2D eigenvalue weighted by Gasteiger charge is -2.42. The van der Waals surface area contributed by atoms with Crippen LogP contribution in [0.2, 0.25) is 0 Å². The van der Waals surface area contributed by atoms with Gasteiger partial charge in [0, 0.05) is 35.3 Å². The van der Waals surface area contributed by atoms with Gasteiger partial charge in [-0.2, -0.15) is 0 Å². The molecule has 1 fully saturated rings. The maximum atomic E-state index is 3.65. The number of nitrogens with one attached hydrogen (secondary N) is 1. The Hall–Kier alpha value is -0.540. The largest absolute Gasteiger partial charge is 0.366 e. The van der Waals surface area contributed by atoms with E-state index < -0.39 is 0 Å². The van der Waals surface area contributed by atoms with E-state index in [1.807, 2.05) is 0 Å². The minimum atomic E-state index is 0.555. The van der Waals surface area contributed by atoms with Gasteiger partial charge in [0.1, 0.15) is 0 Å². The topological polar surface area (TPSA) is 15.3 Å². The number of piperazine rings is 1. The minimum Gasteiger partial charge on any atom is -0.366 e. The summed E-state index contributed by atoms with van der Waals surface area (Å²) in [5.41, 5.74) is 2.72. The zero-order chi connectivity index (χ0) is 13.3. The number of hydrogen-bond donors (Lipinski definition) is 1. The Morgan fingerprint density at radius 2 is 2.11 bits per heavy atom. The van der Waals surface area contributed by atoms with Crippen molar-refractivity contribution >= 4 is 21.6 Å². The second-order valence-electron chi connectivity index (χ2n) is 5.69. The van der Waals surface area contributed by atoms with Crippen molar-refractivity contribution < 1.29 is 0 Å². The van der Waals surface area contributed by atoms with Crippen molar-refractivity contribution in [3.8, 4) is 0 Å². The van der Waals surface area contributed by atoms with Crippen molar-refractivity contribution in [2.45, 2.75) is 39.8 Å².